The summed E-state index contributed by atoms with van der Waals surface area (Å²) in [5, 5.41) is 23.4. The number of carbonyl (C=O) groups is 2. The molecule has 6 nitrogen and oxygen atoms in total. The van der Waals surface area contributed by atoms with Crippen LogP contribution in [0.3, 0.4) is 0 Å². The molecule has 0 fully saturated rings. The maximum absolute atomic E-state index is 12.5. The normalized spacial score (nSPS) is 12.7. The Labute approximate surface area is 468 Å². The Morgan fingerprint density at radius 3 is 1.05 bits per heavy atom. The van der Waals surface area contributed by atoms with Crippen LogP contribution in [0.4, 0.5) is 0 Å². The third-order valence-electron chi connectivity index (χ3n) is 15.7. The molecule has 0 aromatic rings. The van der Waals surface area contributed by atoms with Crippen LogP contribution in [0.1, 0.15) is 367 Å². The van der Waals surface area contributed by atoms with E-state index in [4.69, 9.17) is 4.74 Å². The second kappa shape index (κ2) is 64.6. The number of hydrogen-bond acceptors (Lipinski definition) is 5. The topological polar surface area (TPSA) is 95.9 Å². The first-order chi connectivity index (χ1) is 37.0. The molecule has 0 aromatic carbocycles. The summed E-state index contributed by atoms with van der Waals surface area (Å²) in [5.41, 5.74) is 0. The van der Waals surface area contributed by atoms with E-state index < -0.39 is 12.1 Å². The zero-order valence-corrected chi connectivity index (χ0v) is 50.5. The number of carbonyl (C=O) groups excluding carboxylic acids is 2. The lowest BCUT2D eigenvalue weighted by Gasteiger charge is -2.22. The molecule has 6 heteroatoms. The van der Waals surface area contributed by atoms with Gasteiger partial charge < -0.3 is 20.3 Å². The molecular weight excluding hydrogens is 923 g/mol. The summed E-state index contributed by atoms with van der Waals surface area (Å²) in [5.74, 6) is -0.0501. The molecule has 0 aliphatic heterocycles. The number of allylic oxidation sites excluding steroid dienone is 6. The number of esters is 1. The predicted molar refractivity (Wildman–Crippen MR) is 329 cm³/mol. The molecule has 75 heavy (non-hydrogen) atoms. The van der Waals surface area contributed by atoms with Crippen LogP contribution < -0.4 is 5.32 Å². The van der Waals surface area contributed by atoms with Crippen molar-refractivity contribution in [2.75, 3.05) is 13.2 Å². The van der Waals surface area contributed by atoms with Crippen molar-refractivity contribution < 1.29 is 24.5 Å². The summed E-state index contributed by atoms with van der Waals surface area (Å²) in [7, 11) is 0. The third kappa shape index (κ3) is 61.2. The highest BCUT2D eigenvalue weighted by Crippen LogP contribution is 2.18. The van der Waals surface area contributed by atoms with E-state index in [9.17, 15) is 19.8 Å². The molecule has 2 unspecified atom stereocenters. The summed E-state index contributed by atoms with van der Waals surface area (Å²) in [6.07, 6.45) is 81.7. The number of amides is 1. The van der Waals surface area contributed by atoms with Gasteiger partial charge in [-0.25, -0.2) is 0 Å². The zero-order chi connectivity index (χ0) is 54.3. The minimum absolute atomic E-state index is 0.00409. The SMILES string of the molecule is CCCCC/C=C\C/C=C\CCCCCCCCCC(=O)OCCCCCCCCCCC/C=C\CCCCCCCC(=O)NC(CO)C(O)CCCCCCCCCCCCCCCCCCCCCCCCC. The van der Waals surface area contributed by atoms with Crippen molar-refractivity contribution in [2.24, 2.45) is 0 Å². The van der Waals surface area contributed by atoms with E-state index in [1.807, 2.05) is 0 Å². The zero-order valence-electron chi connectivity index (χ0n) is 50.5. The number of aliphatic hydroxyl groups is 2. The molecule has 0 heterocycles. The lowest BCUT2D eigenvalue weighted by molar-refractivity contribution is -0.143. The van der Waals surface area contributed by atoms with Gasteiger partial charge in [0, 0.05) is 12.8 Å². The van der Waals surface area contributed by atoms with E-state index >= 15 is 0 Å². The predicted octanol–water partition coefficient (Wildman–Crippen LogP) is 21.5. The Kier molecular flexibility index (Phi) is 63.0. The number of rotatable bonds is 63. The van der Waals surface area contributed by atoms with Crippen molar-refractivity contribution in [3.63, 3.8) is 0 Å². The van der Waals surface area contributed by atoms with Crippen molar-refractivity contribution in [1.29, 1.82) is 0 Å². The summed E-state index contributed by atoms with van der Waals surface area (Å²) >= 11 is 0. The minimum Gasteiger partial charge on any atom is -0.466 e. The standard InChI is InChI=1S/C69H131NO5/c1-3-5-7-9-11-13-15-17-19-21-22-23-24-25-26-30-33-37-41-45-49-53-57-61-67(72)66(65-71)70-68(73)62-58-54-50-46-42-38-34-31-27-28-32-36-40-44-48-52-56-60-64-75-69(74)63-59-55-51-47-43-39-35-29-20-18-16-14-12-10-8-6-4-2/h12,14,18,20,31,34,66-67,71-72H,3-11,13,15-17,19,21-30,32-33,35-65H2,1-2H3,(H,70,73)/b14-12-,20-18-,34-31-. The highest BCUT2D eigenvalue weighted by molar-refractivity contribution is 5.76. The Morgan fingerprint density at radius 2 is 0.667 bits per heavy atom. The van der Waals surface area contributed by atoms with Crippen molar-refractivity contribution in [2.45, 2.75) is 379 Å². The van der Waals surface area contributed by atoms with Gasteiger partial charge in [-0.05, 0) is 83.5 Å². The van der Waals surface area contributed by atoms with Gasteiger partial charge in [0.1, 0.15) is 0 Å². The molecule has 0 radical (unpaired) electrons. The van der Waals surface area contributed by atoms with Crippen LogP contribution >= 0.6 is 0 Å². The van der Waals surface area contributed by atoms with Crippen LogP contribution in [-0.4, -0.2) is 47.4 Å². The summed E-state index contributed by atoms with van der Waals surface area (Å²) in [4.78, 5) is 24.6. The first-order valence-corrected chi connectivity index (χ1v) is 33.7. The summed E-state index contributed by atoms with van der Waals surface area (Å²) in [6, 6.07) is -0.554. The average molecular weight is 1050 g/mol. The molecule has 0 saturated heterocycles. The van der Waals surface area contributed by atoms with Crippen molar-refractivity contribution in [1.82, 2.24) is 5.32 Å². The fourth-order valence-electron chi connectivity index (χ4n) is 10.5. The molecule has 0 aliphatic carbocycles. The van der Waals surface area contributed by atoms with E-state index in [2.05, 4.69) is 55.6 Å². The van der Waals surface area contributed by atoms with E-state index in [0.29, 0.717) is 25.9 Å². The van der Waals surface area contributed by atoms with Crippen LogP contribution in [0, 0.1) is 0 Å². The smallest absolute Gasteiger partial charge is 0.305 e. The molecule has 2 atom stereocenters. The number of aliphatic hydroxyl groups excluding tert-OH is 2. The van der Waals surface area contributed by atoms with E-state index in [1.54, 1.807) is 0 Å². The average Bonchev–Trinajstić information content (AvgIpc) is 3.41. The highest BCUT2D eigenvalue weighted by atomic mass is 16.5. The molecule has 0 spiro atoms. The maximum Gasteiger partial charge on any atom is 0.305 e. The van der Waals surface area contributed by atoms with Crippen LogP contribution in [0.25, 0.3) is 0 Å². The van der Waals surface area contributed by atoms with E-state index in [1.165, 1.54) is 270 Å². The summed E-state index contributed by atoms with van der Waals surface area (Å²) in [6.45, 7) is 4.94. The van der Waals surface area contributed by atoms with Crippen LogP contribution in [0.2, 0.25) is 0 Å². The fraction of sp³-hybridized carbons (Fsp3) is 0.884. The number of unbranched alkanes of at least 4 members (excludes halogenated alkanes) is 46. The maximum atomic E-state index is 12.5. The second-order valence-electron chi connectivity index (χ2n) is 23.1. The number of hydrogen-bond donors (Lipinski definition) is 3. The summed E-state index contributed by atoms with van der Waals surface area (Å²) < 4.78 is 5.49. The minimum atomic E-state index is -0.675. The first-order valence-electron chi connectivity index (χ1n) is 33.7. The molecule has 0 bridgehead atoms. The van der Waals surface area contributed by atoms with Gasteiger partial charge in [-0.15, -0.1) is 0 Å². The van der Waals surface area contributed by atoms with Gasteiger partial charge in [0.2, 0.25) is 5.91 Å². The van der Waals surface area contributed by atoms with Gasteiger partial charge in [0.25, 0.3) is 0 Å². The Morgan fingerprint density at radius 1 is 0.373 bits per heavy atom. The molecule has 0 aliphatic rings. The first kappa shape index (κ1) is 73.1. The lowest BCUT2D eigenvalue weighted by atomic mass is 10.0. The van der Waals surface area contributed by atoms with Crippen molar-refractivity contribution in [3.05, 3.63) is 36.5 Å². The molecule has 442 valence electrons. The largest absolute Gasteiger partial charge is 0.466 e. The monoisotopic (exact) mass is 1050 g/mol. The second-order valence-corrected chi connectivity index (χ2v) is 23.1. The fourth-order valence-corrected chi connectivity index (χ4v) is 10.5. The molecule has 0 rings (SSSR count). The Bertz CT molecular complexity index is 1210. The van der Waals surface area contributed by atoms with E-state index in [-0.39, 0.29) is 18.5 Å². The van der Waals surface area contributed by atoms with Gasteiger partial charge in [-0.3, -0.25) is 9.59 Å². The van der Waals surface area contributed by atoms with Gasteiger partial charge in [0.15, 0.2) is 0 Å². The highest BCUT2D eigenvalue weighted by Gasteiger charge is 2.20. The van der Waals surface area contributed by atoms with Gasteiger partial charge in [-0.2, -0.15) is 0 Å². The molecular formula is C69H131NO5. The Balaban J connectivity index is 3.44. The number of ether oxygens (including phenoxy) is 1. The molecule has 3 N–H and O–H groups in total. The number of nitrogens with one attached hydrogen (secondary N) is 1. The van der Waals surface area contributed by atoms with E-state index in [0.717, 1.165) is 64.2 Å². The van der Waals surface area contributed by atoms with Crippen LogP contribution in [0.15, 0.2) is 36.5 Å². The molecule has 1 amide bonds. The van der Waals surface area contributed by atoms with Crippen LogP contribution in [0.5, 0.6) is 0 Å². The van der Waals surface area contributed by atoms with Gasteiger partial charge >= 0.3 is 5.97 Å². The Hall–Kier alpha value is -1.92. The van der Waals surface area contributed by atoms with Gasteiger partial charge in [-0.1, -0.05) is 307 Å². The molecule has 0 aromatic heterocycles. The quantitative estimate of drug-likeness (QED) is 0.0320. The third-order valence-corrected chi connectivity index (χ3v) is 15.7. The van der Waals surface area contributed by atoms with Gasteiger partial charge in [0.05, 0.1) is 25.4 Å². The lowest BCUT2D eigenvalue weighted by Crippen LogP contribution is -2.45. The van der Waals surface area contributed by atoms with Crippen molar-refractivity contribution in [3.8, 4) is 0 Å². The molecule has 0 saturated carbocycles. The van der Waals surface area contributed by atoms with Crippen molar-refractivity contribution >= 4 is 11.9 Å². The van der Waals surface area contributed by atoms with Crippen LogP contribution in [-0.2, 0) is 14.3 Å².